The van der Waals surface area contributed by atoms with Gasteiger partial charge in [-0.3, -0.25) is 0 Å². The van der Waals surface area contributed by atoms with Crippen LogP contribution in [-0.2, 0) is 0 Å². The van der Waals surface area contributed by atoms with Crippen LogP contribution in [-0.4, -0.2) is 16.1 Å². The molecular formula is C7H5F3N2O2. The van der Waals surface area contributed by atoms with E-state index in [1.54, 1.807) is 0 Å². The van der Waals surface area contributed by atoms with Crippen LogP contribution in [0.2, 0.25) is 0 Å². The first-order valence-electron chi connectivity index (χ1n) is 3.41. The van der Waals surface area contributed by atoms with Gasteiger partial charge in [-0.05, 0) is 6.07 Å². The smallest absolute Gasteiger partial charge is 0.354 e. The Morgan fingerprint density at radius 1 is 1.57 bits per heavy atom. The second-order valence-electron chi connectivity index (χ2n) is 2.41. The van der Waals surface area contributed by atoms with E-state index < -0.39 is 35.3 Å². The van der Waals surface area contributed by atoms with E-state index in [4.69, 9.17) is 10.8 Å². The maximum absolute atomic E-state index is 12.7. The summed E-state index contributed by atoms with van der Waals surface area (Å²) in [6.07, 6.45) is -3.04. The SMILES string of the molecule is Nc1c(C(F)F)cc(C(=O)O)nc1F. The highest BCUT2D eigenvalue weighted by Gasteiger charge is 2.19. The average molecular weight is 206 g/mol. The number of carbonyl (C=O) groups is 1. The molecule has 4 nitrogen and oxygen atoms in total. The quantitative estimate of drug-likeness (QED) is 0.717. The van der Waals surface area contributed by atoms with Crippen LogP contribution in [0.4, 0.5) is 18.9 Å². The van der Waals surface area contributed by atoms with Gasteiger partial charge in [-0.2, -0.15) is 4.39 Å². The Kier molecular flexibility index (Phi) is 2.59. The molecule has 1 heterocycles. The van der Waals surface area contributed by atoms with Gasteiger partial charge >= 0.3 is 5.97 Å². The molecule has 1 aromatic heterocycles. The fourth-order valence-electron chi connectivity index (χ4n) is 0.833. The molecule has 0 unspecified atom stereocenters. The molecule has 0 atom stereocenters. The molecular weight excluding hydrogens is 201 g/mol. The maximum Gasteiger partial charge on any atom is 0.354 e. The number of rotatable bonds is 2. The van der Waals surface area contributed by atoms with Gasteiger partial charge in [0.05, 0.1) is 5.69 Å². The minimum Gasteiger partial charge on any atom is -0.477 e. The lowest BCUT2D eigenvalue weighted by atomic mass is 10.2. The first-order chi connectivity index (χ1) is 6.43. The van der Waals surface area contributed by atoms with Crippen LogP contribution in [0.3, 0.4) is 0 Å². The Morgan fingerprint density at radius 3 is 2.57 bits per heavy atom. The van der Waals surface area contributed by atoms with Crippen molar-refractivity contribution in [1.29, 1.82) is 0 Å². The lowest BCUT2D eigenvalue weighted by Gasteiger charge is -2.05. The van der Waals surface area contributed by atoms with Gasteiger partial charge in [-0.1, -0.05) is 0 Å². The van der Waals surface area contributed by atoms with E-state index in [0.717, 1.165) is 0 Å². The Bertz CT molecular complexity index is 381. The fourth-order valence-corrected chi connectivity index (χ4v) is 0.833. The van der Waals surface area contributed by atoms with Gasteiger partial charge in [0.1, 0.15) is 0 Å². The molecule has 0 aliphatic rings. The second kappa shape index (κ2) is 3.52. The number of aromatic carboxylic acids is 1. The summed E-state index contributed by atoms with van der Waals surface area (Å²) in [7, 11) is 0. The molecule has 76 valence electrons. The van der Waals surface area contributed by atoms with Crippen LogP contribution < -0.4 is 5.73 Å². The summed E-state index contributed by atoms with van der Waals surface area (Å²) in [5, 5.41) is 8.39. The Morgan fingerprint density at radius 2 is 2.14 bits per heavy atom. The van der Waals surface area contributed by atoms with Crippen molar-refractivity contribution >= 4 is 11.7 Å². The zero-order valence-corrected chi connectivity index (χ0v) is 6.67. The van der Waals surface area contributed by atoms with Crippen molar-refractivity contribution in [2.75, 3.05) is 5.73 Å². The summed E-state index contributed by atoms with van der Waals surface area (Å²) < 4.78 is 37.1. The Labute approximate surface area is 76.2 Å². The summed E-state index contributed by atoms with van der Waals surface area (Å²) in [6.45, 7) is 0. The number of nitrogens with two attached hydrogens (primary N) is 1. The zero-order valence-electron chi connectivity index (χ0n) is 6.67. The van der Waals surface area contributed by atoms with E-state index in [2.05, 4.69) is 4.98 Å². The van der Waals surface area contributed by atoms with Crippen LogP contribution >= 0.6 is 0 Å². The third-order valence-electron chi connectivity index (χ3n) is 1.50. The number of hydrogen-bond donors (Lipinski definition) is 2. The van der Waals surface area contributed by atoms with Crippen molar-refractivity contribution in [3.05, 3.63) is 23.3 Å². The lowest BCUT2D eigenvalue weighted by Crippen LogP contribution is -2.08. The van der Waals surface area contributed by atoms with Crippen molar-refractivity contribution < 1.29 is 23.1 Å². The minimum atomic E-state index is -3.04. The van der Waals surface area contributed by atoms with Gasteiger partial charge in [0, 0.05) is 5.56 Å². The summed E-state index contributed by atoms with van der Waals surface area (Å²) in [4.78, 5) is 13.2. The first-order valence-corrected chi connectivity index (χ1v) is 3.41. The predicted octanol–water partition coefficient (Wildman–Crippen LogP) is 1.44. The predicted molar refractivity (Wildman–Crippen MR) is 40.5 cm³/mol. The first kappa shape index (κ1) is 10.3. The van der Waals surface area contributed by atoms with Crippen molar-refractivity contribution in [1.82, 2.24) is 4.98 Å². The number of hydrogen-bond acceptors (Lipinski definition) is 3. The van der Waals surface area contributed by atoms with Gasteiger partial charge in [-0.15, -0.1) is 0 Å². The van der Waals surface area contributed by atoms with Gasteiger partial charge in [0.2, 0.25) is 5.95 Å². The molecule has 0 amide bonds. The van der Waals surface area contributed by atoms with Crippen molar-refractivity contribution in [3.63, 3.8) is 0 Å². The van der Waals surface area contributed by atoms with E-state index in [-0.39, 0.29) is 0 Å². The van der Waals surface area contributed by atoms with Crippen LogP contribution in [0.1, 0.15) is 22.5 Å². The topological polar surface area (TPSA) is 76.2 Å². The lowest BCUT2D eigenvalue weighted by molar-refractivity contribution is 0.0688. The van der Waals surface area contributed by atoms with E-state index in [9.17, 15) is 18.0 Å². The largest absolute Gasteiger partial charge is 0.477 e. The average Bonchev–Trinajstić information content (AvgIpc) is 2.08. The Balaban J connectivity index is 3.35. The molecule has 3 N–H and O–H groups in total. The molecule has 0 radical (unpaired) electrons. The molecule has 0 bridgehead atoms. The van der Waals surface area contributed by atoms with Crippen LogP contribution in [0.15, 0.2) is 6.07 Å². The number of nitrogens with zero attached hydrogens (tertiary/aromatic N) is 1. The number of carboxylic acids is 1. The molecule has 14 heavy (non-hydrogen) atoms. The van der Waals surface area contributed by atoms with Gasteiger partial charge < -0.3 is 10.8 Å². The van der Waals surface area contributed by atoms with E-state index in [1.165, 1.54) is 0 Å². The van der Waals surface area contributed by atoms with E-state index in [1.807, 2.05) is 0 Å². The number of anilines is 1. The summed E-state index contributed by atoms with van der Waals surface area (Å²) in [6, 6.07) is 0.547. The number of nitrogen functional groups attached to an aromatic ring is 1. The fraction of sp³-hybridized carbons (Fsp3) is 0.143. The highest BCUT2D eigenvalue weighted by atomic mass is 19.3. The molecule has 7 heteroatoms. The van der Waals surface area contributed by atoms with Gasteiger partial charge in [0.15, 0.2) is 5.69 Å². The summed E-state index contributed by atoms with van der Waals surface area (Å²) >= 11 is 0. The third kappa shape index (κ3) is 1.76. The minimum absolute atomic E-state index is 0.547. The number of halogens is 3. The van der Waals surface area contributed by atoms with Gasteiger partial charge in [0.25, 0.3) is 6.43 Å². The molecule has 1 aromatic rings. The van der Waals surface area contributed by atoms with Crippen molar-refractivity contribution in [3.8, 4) is 0 Å². The number of aromatic nitrogens is 1. The Hall–Kier alpha value is -1.79. The number of alkyl halides is 2. The van der Waals surface area contributed by atoms with Crippen molar-refractivity contribution in [2.45, 2.75) is 6.43 Å². The third-order valence-corrected chi connectivity index (χ3v) is 1.50. The zero-order chi connectivity index (χ0) is 10.9. The van der Waals surface area contributed by atoms with Crippen LogP contribution in [0.5, 0.6) is 0 Å². The molecule has 0 saturated heterocycles. The second-order valence-corrected chi connectivity index (χ2v) is 2.41. The number of carboxylic acid groups (broad SMARTS) is 1. The molecule has 0 aliphatic carbocycles. The molecule has 1 rings (SSSR count). The van der Waals surface area contributed by atoms with E-state index >= 15 is 0 Å². The molecule has 0 aromatic carbocycles. The highest BCUT2D eigenvalue weighted by Crippen LogP contribution is 2.26. The van der Waals surface area contributed by atoms with Gasteiger partial charge in [-0.25, -0.2) is 18.6 Å². The molecule has 0 fully saturated rings. The van der Waals surface area contributed by atoms with E-state index in [0.29, 0.717) is 6.07 Å². The van der Waals surface area contributed by atoms with Crippen LogP contribution in [0, 0.1) is 5.95 Å². The molecule has 0 saturated carbocycles. The molecule has 0 aliphatic heterocycles. The van der Waals surface area contributed by atoms with Crippen molar-refractivity contribution in [2.24, 2.45) is 0 Å². The normalized spacial score (nSPS) is 10.6. The summed E-state index contributed by atoms with van der Waals surface area (Å²) in [5.41, 5.74) is 2.45. The standard InChI is InChI=1S/C7H5F3N2O2/c8-5(9)2-1-3(7(13)14)12-6(10)4(2)11/h1,5H,11H2,(H,13,14). The number of pyridine rings is 1. The monoisotopic (exact) mass is 206 g/mol. The summed E-state index contributed by atoms with van der Waals surface area (Å²) in [5.74, 6) is -2.99. The van der Waals surface area contributed by atoms with Crippen LogP contribution in [0.25, 0.3) is 0 Å². The molecule has 0 spiro atoms. The highest BCUT2D eigenvalue weighted by molar-refractivity contribution is 5.86. The maximum atomic E-state index is 12.7.